The van der Waals surface area contributed by atoms with Crippen LogP contribution < -0.4 is 10.2 Å². The van der Waals surface area contributed by atoms with Gasteiger partial charge in [-0.2, -0.15) is 26.3 Å². The molecule has 3 aromatic rings. The van der Waals surface area contributed by atoms with Crippen LogP contribution >= 0.6 is 0 Å². The predicted molar refractivity (Wildman–Crippen MR) is 145 cm³/mol. The van der Waals surface area contributed by atoms with Crippen LogP contribution in [0.3, 0.4) is 0 Å². The van der Waals surface area contributed by atoms with Gasteiger partial charge in [0.15, 0.2) is 0 Å². The van der Waals surface area contributed by atoms with Crippen molar-refractivity contribution in [3.05, 3.63) is 76.7 Å². The van der Waals surface area contributed by atoms with Crippen molar-refractivity contribution in [2.45, 2.75) is 69.9 Å². The first-order chi connectivity index (χ1) is 19.4. The maximum atomic E-state index is 13.9. The maximum Gasteiger partial charge on any atom is 0.416 e. The van der Waals surface area contributed by atoms with E-state index < -0.39 is 52.3 Å². The van der Waals surface area contributed by atoms with Crippen LogP contribution in [-0.4, -0.2) is 35.2 Å². The molecular formula is C30H30F7N3O2. The quantitative estimate of drug-likeness (QED) is 0.289. The summed E-state index contributed by atoms with van der Waals surface area (Å²) < 4.78 is 95.2. The molecule has 0 unspecified atom stereocenters. The minimum atomic E-state index is -5.08. The normalized spacial score (nSPS) is 17.8. The first kappa shape index (κ1) is 31.3. The lowest BCUT2D eigenvalue weighted by Crippen LogP contribution is -2.42. The number of carbonyl (C=O) groups excluding carboxylic acids is 1. The number of nitrogens with one attached hydrogen (secondary N) is 1. The Bertz CT molecular complexity index is 1450. The zero-order valence-corrected chi connectivity index (χ0v) is 23.3. The van der Waals surface area contributed by atoms with E-state index in [1.165, 1.54) is 45.3 Å². The standard InChI is InChI=1S/C30H30F7N3O2/c1-16-10-20(31)8-9-21(16)22-14-26(39-23-6-5-7-25(23)41)38-15-24(22)40(4)27(42)28(2,3)17-11-18(29(32,33)34)13-19(12-17)30(35,36)37/h8-15,23,25,41H,5-7H2,1-4H3,(H,38,39)/t23-,25-/m0/s1. The van der Waals surface area contributed by atoms with Crippen molar-refractivity contribution in [1.29, 1.82) is 0 Å². The van der Waals surface area contributed by atoms with Crippen LogP contribution in [0.2, 0.25) is 0 Å². The first-order valence-corrected chi connectivity index (χ1v) is 13.2. The topological polar surface area (TPSA) is 65.5 Å². The second kappa shape index (κ2) is 11.2. The Labute approximate surface area is 238 Å². The Kier molecular flexibility index (Phi) is 8.34. The summed E-state index contributed by atoms with van der Waals surface area (Å²) in [4.78, 5) is 19.3. The maximum absolute atomic E-state index is 13.9. The van der Waals surface area contributed by atoms with Gasteiger partial charge in [-0.05, 0) is 93.1 Å². The number of alkyl halides is 6. The predicted octanol–water partition coefficient (Wildman–Crippen LogP) is 7.50. The van der Waals surface area contributed by atoms with Crippen LogP contribution in [0.15, 0.2) is 48.7 Å². The number of pyridine rings is 1. The fourth-order valence-corrected chi connectivity index (χ4v) is 5.21. The molecule has 1 saturated carbocycles. The molecule has 4 rings (SSSR count). The van der Waals surface area contributed by atoms with Crippen LogP contribution in [0.25, 0.3) is 11.1 Å². The van der Waals surface area contributed by atoms with Gasteiger partial charge in [0.1, 0.15) is 11.6 Å². The Balaban J connectivity index is 1.79. The van der Waals surface area contributed by atoms with Gasteiger partial charge in [-0.25, -0.2) is 9.37 Å². The fourth-order valence-electron chi connectivity index (χ4n) is 5.21. The number of halogens is 7. The zero-order chi connectivity index (χ0) is 31.2. The van der Waals surface area contributed by atoms with Crippen LogP contribution in [-0.2, 0) is 22.6 Å². The zero-order valence-electron chi connectivity index (χ0n) is 23.3. The van der Waals surface area contributed by atoms with Crippen molar-refractivity contribution in [2.75, 3.05) is 17.3 Å². The molecular weight excluding hydrogens is 567 g/mol. The molecule has 0 aliphatic heterocycles. The molecule has 0 radical (unpaired) electrons. The average Bonchev–Trinajstić information content (AvgIpc) is 3.30. The number of benzene rings is 2. The van der Waals surface area contributed by atoms with Crippen molar-refractivity contribution in [3.8, 4) is 11.1 Å². The van der Waals surface area contributed by atoms with Crippen molar-refractivity contribution < 1.29 is 40.6 Å². The monoisotopic (exact) mass is 597 g/mol. The summed E-state index contributed by atoms with van der Waals surface area (Å²) in [6, 6.07) is 6.49. The van der Waals surface area contributed by atoms with Crippen LogP contribution in [0, 0.1) is 12.7 Å². The Morgan fingerprint density at radius 1 is 0.929 bits per heavy atom. The molecule has 226 valence electrons. The summed E-state index contributed by atoms with van der Waals surface area (Å²) in [5.41, 5.74) is -3.69. The minimum Gasteiger partial charge on any atom is -0.391 e. The molecule has 1 aromatic heterocycles. The average molecular weight is 598 g/mol. The number of aliphatic hydroxyl groups excluding tert-OH is 1. The SMILES string of the molecule is Cc1cc(F)ccc1-c1cc(N[C@H]2CCC[C@@H]2O)ncc1N(C)C(=O)C(C)(C)c1cc(C(F)(F)F)cc(C(F)(F)F)c1. The molecule has 2 N–H and O–H groups in total. The van der Waals surface area contributed by atoms with E-state index in [2.05, 4.69) is 10.3 Å². The number of likely N-dealkylation sites (N-methyl/N-ethyl adjacent to an activating group) is 1. The lowest BCUT2D eigenvalue weighted by molar-refractivity contribution is -0.143. The third-order valence-electron chi connectivity index (χ3n) is 7.68. The van der Waals surface area contributed by atoms with E-state index in [1.807, 2.05) is 0 Å². The van der Waals surface area contributed by atoms with Gasteiger partial charge >= 0.3 is 12.4 Å². The van der Waals surface area contributed by atoms with Gasteiger partial charge in [0, 0.05) is 12.6 Å². The molecule has 1 aliphatic rings. The molecule has 5 nitrogen and oxygen atoms in total. The summed E-state index contributed by atoms with van der Waals surface area (Å²) in [6.07, 6.45) is -7.23. The molecule has 2 aromatic carbocycles. The molecule has 1 amide bonds. The van der Waals surface area contributed by atoms with E-state index in [9.17, 15) is 40.6 Å². The van der Waals surface area contributed by atoms with Crippen LogP contribution in [0.4, 0.5) is 42.2 Å². The lowest BCUT2D eigenvalue weighted by atomic mass is 9.81. The Morgan fingerprint density at radius 2 is 1.52 bits per heavy atom. The fraction of sp³-hybridized carbons (Fsp3) is 0.400. The van der Waals surface area contributed by atoms with Crippen LogP contribution in [0.1, 0.15) is 55.4 Å². The van der Waals surface area contributed by atoms with E-state index in [4.69, 9.17) is 0 Å². The number of anilines is 2. The smallest absolute Gasteiger partial charge is 0.391 e. The number of hydrogen-bond acceptors (Lipinski definition) is 4. The molecule has 1 fully saturated rings. The molecule has 1 aliphatic carbocycles. The largest absolute Gasteiger partial charge is 0.416 e. The highest BCUT2D eigenvalue weighted by Gasteiger charge is 2.41. The van der Waals surface area contributed by atoms with E-state index in [0.29, 0.717) is 47.5 Å². The van der Waals surface area contributed by atoms with Gasteiger partial charge < -0.3 is 15.3 Å². The highest BCUT2D eigenvalue weighted by atomic mass is 19.4. The first-order valence-electron chi connectivity index (χ1n) is 13.2. The number of amides is 1. The second-order valence-electron chi connectivity index (χ2n) is 11.1. The van der Waals surface area contributed by atoms with Gasteiger partial charge in [-0.15, -0.1) is 0 Å². The molecule has 0 bridgehead atoms. The van der Waals surface area contributed by atoms with Gasteiger partial charge in [0.2, 0.25) is 5.91 Å². The van der Waals surface area contributed by atoms with Crippen molar-refractivity contribution >= 4 is 17.4 Å². The highest BCUT2D eigenvalue weighted by Crippen LogP contribution is 2.41. The summed E-state index contributed by atoms with van der Waals surface area (Å²) in [5.74, 6) is -0.921. The number of aryl methyl sites for hydroxylation is 1. The van der Waals surface area contributed by atoms with E-state index >= 15 is 0 Å². The Morgan fingerprint density at radius 3 is 2.05 bits per heavy atom. The van der Waals surface area contributed by atoms with Crippen molar-refractivity contribution in [3.63, 3.8) is 0 Å². The number of rotatable bonds is 6. The van der Waals surface area contributed by atoms with Gasteiger partial charge in [-0.3, -0.25) is 4.79 Å². The molecule has 1 heterocycles. The van der Waals surface area contributed by atoms with Crippen molar-refractivity contribution in [2.24, 2.45) is 0 Å². The second-order valence-corrected chi connectivity index (χ2v) is 11.1. The van der Waals surface area contributed by atoms with E-state index in [0.717, 1.165) is 11.3 Å². The number of carbonyl (C=O) groups is 1. The number of nitrogens with zero attached hydrogens (tertiary/aromatic N) is 2. The van der Waals surface area contributed by atoms with E-state index in [-0.39, 0.29) is 17.8 Å². The summed E-state index contributed by atoms with van der Waals surface area (Å²) in [7, 11) is 1.34. The lowest BCUT2D eigenvalue weighted by Gasteiger charge is -2.32. The summed E-state index contributed by atoms with van der Waals surface area (Å²) in [5, 5.41) is 13.4. The van der Waals surface area contributed by atoms with Crippen molar-refractivity contribution in [1.82, 2.24) is 4.98 Å². The Hall–Kier alpha value is -3.67. The molecule has 0 saturated heterocycles. The van der Waals surface area contributed by atoms with Crippen LogP contribution in [0.5, 0.6) is 0 Å². The van der Waals surface area contributed by atoms with E-state index in [1.54, 1.807) is 13.0 Å². The van der Waals surface area contributed by atoms with Gasteiger partial charge in [-0.1, -0.05) is 6.07 Å². The third-order valence-corrected chi connectivity index (χ3v) is 7.68. The molecule has 0 spiro atoms. The number of hydrogen-bond donors (Lipinski definition) is 2. The highest BCUT2D eigenvalue weighted by molar-refractivity contribution is 6.03. The summed E-state index contributed by atoms with van der Waals surface area (Å²) >= 11 is 0. The molecule has 2 atom stereocenters. The van der Waals surface area contributed by atoms with Gasteiger partial charge in [0.05, 0.1) is 40.6 Å². The van der Waals surface area contributed by atoms with Gasteiger partial charge in [0.25, 0.3) is 0 Å². The minimum absolute atomic E-state index is 0.0140. The molecule has 12 heteroatoms. The third kappa shape index (κ3) is 6.38. The summed E-state index contributed by atoms with van der Waals surface area (Å²) in [6.45, 7) is 4.15. The molecule has 42 heavy (non-hydrogen) atoms. The number of aromatic nitrogens is 1. The number of aliphatic hydroxyl groups is 1.